The van der Waals surface area contributed by atoms with E-state index in [1.807, 2.05) is 25.1 Å². The van der Waals surface area contributed by atoms with Crippen molar-refractivity contribution in [3.8, 4) is 0 Å². The van der Waals surface area contributed by atoms with E-state index in [2.05, 4.69) is 10.8 Å². The highest BCUT2D eigenvalue weighted by Crippen LogP contribution is 2.19. The third kappa shape index (κ3) is 3.93. The smallest absolute Gasteiger partial charge is 0.323 e. The van der Waals surface area contributed by atoms with Crippen LogP contribution in [0.15, 0.2) is 29.2 Å². The Hall–Kier alpha value is -1.00. The molecular formula is C11H15NO2S. The van der Waals surface area contributed by atoms with E-state index in [0.29, 0.717) is 5.75 Å². The highest BCUT2D eigenvalue weighted by Gasteiger charge is 2.13. The zero-order valence-electron chi connectivity index (χ0n) is 8.90. The van der Waals surface area contributed by atoms with E-state index in [4.69, 9.17) is 5.73 Å². The summed E-state index contributed by atoms with van der Waals surface area (Å²) in [5.74, 6) is 0.172. The molecule has 0 amide bonds. The lowest BCUT2D eigenvalue weighted by molar-refractivity contribution is -0.141. The van der Waals surface area contributed by atoms with Crippen LogP contribution in [0.1, 0.15) is 5.56 Å². The summed E-state index contributed by atoms with van der Waals surface area (Å²) in [4.78, 5) is 12.2. The van der Waals surface area contributed by atoms with Gasteiger partial charge in [-0.2, -0.15) is 0 Å². The van der Waals surface area contributed by atoms with E-state index >= 15 is 0 Å². The van der Waals surface area contributed by atoms with Crippen molar-refractivity contribution < 1.29 is 9.53 Å². The molecule has 0 saturated carbocycles. The van der Waals surface area contributed by atoms with Crippen molar-refractivity contribution in [3.05, 3.63) is 29.8 Å². The van der Waals surface area contributed by atoms with Crippen LogP contribution < -0.4 is 5.73 Å². The third-order valence-corrected chi connectivity index (χ3v) is 3.04. The zero-order chi connectivity index (χ0) is 11.3. The molecule has 0 heterocycles. The monoisotopic (exact) mass is 225 g/mol. The molecule has 15 heavy (non-hydrogen) atoms. The van der Waals surface area contributed by atoms with E-state index in [-0.39, 0.29) is 5.97 Å². The normalized spacial score (nSPS) is 12.2. The SMILES string of the molecule is COC(=O)C(N)CSc1cccc(C)c1. The molecule has 0 aliphatic carbocycles. The summed E-state index contributed by atoms with van der Waals surface area (Å²) in [5, 5.41) is 0. The Morgan fingerprint density at radius 2 is 2.33 bits per heavy atom. The van der Waals surface area contributed by atoms with Gasteiger partial charge >= 0.3 is 5.97 Å². The molecule has 0 saturated heterocycles. The lowest BCUT2D eigenvalue weighted by Crippen LogP contribution is -2.33. The summed E-state index contributed by atoms with van der Waals surface area (Å²) in [6.45, 7) is 2.03. The topological polar surface area (TPSA) is 52.3 Å². The molecule has 1 unspecified atom stereocenters. The molecule has 3 nitrogen and oxygen atoms in total. The van der Waals surface area contributed by atoms with Crippen LogP contribution >= 0.6 is 11.8 Å². The van der Waals surface area contributed by atoms with Crippen LogP contribution in [0.25, 0.3) is 0 Å². The Balaban J connectivity index is 2.47. The predicted molar refractivity (Wildman–Crippen MR) is 61.9 cm³/mol. The fourth-order valence-corrected chi connectivity index (χ4v) is 2.06. The number of esters is 1. The van der Waals surface area contributed by atoms with Crippen LogP contribution in [0.4, 0.5) is 0 Å². The minimum Gasteiger partial charge on any atom is -0.468 e. The predicted octanol–water partition coefficient (Wildman–Crippen LogP) is 1.59. The van der Waals surface area contributed by atoms with Crippen LogP contribution in [-0.2, 0) is 9.53 Å². The Bertz CT molecular complexity index is 341. The highest BCUT2D eigenvalue weighted by atomic mass is 32.2. The number of hydrogen-bond acceptors (Lipinski definition) is 4. The second-order valence-corrected chi connectivity index (χ2v) is 4.35. The maximum Gasteiger partial charge on any atom is 0.323 e. The molecule has 0 aliphatic rings. The van der Waals surface area contributed by atoms with E-state index in [1.54, 1.807) is 11.8 Å². The maximum absolute atomic E-state index is 11.0. The van der Waals surface area contributed by atoms with Gasteiger partial charge in [-0.05, 0) is 19.1 Å². The summed E-state index contributed by atoms with van der Waals surface area (Å²) in [6.07, 6.45) is 0. The molecule has 2 N–H and O–H groups in total. The molecule has 0 fully saturated rings. The fraction of sp³-hybridized carbons (Fsp3) is 0.364. The number of carbonyl (C=O) groups excluding carboxylic acids is 1. The lowest BCUT2D eigenvalue weighted by Gasteiger charge is -2.08. The quantitative estimate of drug-likeness (QED) is 0.624. The summed E-state index contributed by atoms with van der Waals surface area (Å²) in [5.41, 5.74) is 6.82. The number of nitrogens with two attached hydrogens (primary N) is 1. The standard InChI is InChI=1S/C11H15NO2S/c1-8-4-3-5-9(6-8)15-7-10(12)11(13)14-2/h3-6,10H,7,12H2,1-2H3. The molecule has 1 aromatic rings. The maximum atomic E-state index is 11.0. The Labute approximate surface area is 94.0 Å². The Morgan fingerprint density at radius 1 is 1.60 bits per heavy atom. The molecule has 0 spiro atoms. The zero-order valence-corrected chi connectivity index (χ0v) is 9.71. The largest absolute Gasteiger partial charge is 0.468 e. The van der Waals surface area contributed by atoms with E-state index in [1.165, 1.54) is 12.7 Å². The minimum absolute atomic E-state index is 0.366. The second kappa shape index (κ2) is 5.78. The van der Waals surface area contributed by atoms with Crippen molar-refractivity contribution >= 4 is 17.7 Å². The van der Waals surface area contributed by atoms with Crippen molar-refractivity contribution in [2.45, 2.75) is 17.9 Å². The van der Waals surface area contributed by atoms with Crippen LogP contribution in [0.2, 0.25) is 0 Å². The van der Waals surface area contributed by atoms with Gasteiger partial charge in [0.15, 0.2) is 0 Å². The van der Waals surface area contributed by atoms with Gasteiger partial charge in [-0.3, -0.25) is 4.79 Å². The molecule has 82 valence electrons. The van der Waals surface area contributed by atoms with E-state index in [0.717, 1.165) is 4.90 Å². The average Bonchev–Trinajstić information content (AvgIpc) is 2.25. The molecule has 4 heteroatoms. The molecule has 0 radical (unpaired) electrons. The van der Waals surface area contributed by atoms with E-state index in [9.17, 15) is 4.79 Å². The van der Waals surface area contributed by atoms with Gasteiger partial charge < -0.3 is 10.5 Å². The van der Waals surface area contributed by atoms with Gasteiger partial charge in [0.05, 0.1) is 7.11 Å². The van der Waals surface area contributed by atoms with Gasteiger partial charge in [0.25, 0.3) is 0 Å². The molecule has 0 aliphatic heterocycles. The number of benzene rings is 1. The average molecular weight is 225 g/mol. The fourth-order valence-electron chi connectivity index (χ4n) is 1.11. The number of aryl methyl sites for hydroxylation is 1. The molecular weight excluding hydrogens is 210 g/mol. The van der Waals surface area contributed by atoms with Gasteiger partial charge in [-0.25, -0.2) is 0 Å². The first-order valence-electron chi connectivity index (χ1n) is 4.66. The van der Waals surface area contributed by atoms with Gasteiger partial charge in [0.2, 0.25) is 0 Å². The van der Waals surface area contributed by atoms with Gasteiger partial charge in [-0.15, -0.1) is 11.8 Å². The molecule has 1 aromatic carbocycles. The van der Waals surface area contributed by atoms with Crippen LogP contribution in [0.3, 0.4) is 0 Å². The summed E-state index contributed by atoms with van der Waals surface area (Å²) < 4.78 is 4.55. The first-order valence-corrected chi connectivity index (χ1v) is 5.65. The van der Waals surface area contributed by atoms with Gasteiger partial charge in [-0.1, -0.05) is 17.7 Å². The minimum atomic E-state index is -0.555. The number of carbonyl (C=O) groups is 1. The molecule has 1 rings (SSSR count). The van der Waals surface area contributed by atoms with Gasteiger partial charge in [0, 0.05) is 10.6 Å². The lowest BCUT2D eigenvalue weighted by atomic mass is 10.2. The Kier molecular flexibility index (Phi) is 4.65. The number of hydrogen-bond donors (Lipinski definition) is 1. The highest BCUT2D eigenvalue weighted by molar-refractivity contribution is 7.99. The number of ether oxygens (including phenoxy) is 1. The summed E-state index contributed by atoms with van der Waals surface area (Å²) in [7, 11) is 1.35. The second-order valence-electron chi connectivity index (χ2n) is 3.26. The molecule has 0 aromatic heterocycles. The van der Waals surface area contributed by atoms with E-state index < -0.39 is 6.04 Å². The van der Waals surface area contributed by atoms with Crippen molar-refractivity contribution in [1.29, 1.82) is 0 Å². The molecule has 1 atom stereocenters. The van der Waals surface area contributed by atoms with Gasteiger partial charge in [0.1, 0.15) is 6.04 Å². The number of methoxy groups -OCH3 is 1. The first kappa shape index (κ1) is 12.1. The third-order valence-electron chi connectivity index (χ3n) is 1.92. The number of rotatable bonds is 4. The van der Waals surface area contributed by atoms with Crippen molar-refractivity contribution in [2.24, 2.45) is 5.73 Å². The summed E-state index contributed by atoms with van der Waals surface area (Å²) in [6, 6.07) is 7.53. The van der Waals surface area contributed by atoms with Crippen molar-refractivity contribution in [2.75, 3.05) is 12.9 Å². The van der Waals surface area contributed by atoms with Crippen molar-refractivity contribution in [3.63, 3.8) is 0 Å². The molecule has 0 bridgehead atoms. The van der Waals surface area contributed by atoms with Crippen LogP contribution in [0.5, 0.6) is 0 Å². The van der Waals surface area contributed by atoms with Crippen molar-refractivity contribution in [1.82, 2.24) is 0 Å². The first-order chi connectivity index (χ1) is 7.13. The number of thioether (sulfide) groups is 1. The Morgan fingerprint density at radius 3 is 2.93 bits per heavy atom. The van der Waals surface area contributed by atoms with Crippen LogP contribution in [0, 0.1) is 6.92 Å². The summed E-state index contributed by atoms with van der Waals surface area (Å²) >= 11 is 1.56. The van der Waals surface area contributed by atoms with Crippen LogP contribution in [-0.4, -0.2) is 24.9 Å².